The van der Waals surface area contributed by atoms with Gasteiger partial charge in [0, 0.05) is 21.5 Å². The molecule has 6 heterocycles. The van der Waals surface area contributed by atoms with E-state index >= 15 is 0 Å². The molecular formula is C49H26N4O3. The van der Waals surface area contributed by atoms with Gasteiger partial charge in [-0.1, -0.05) is 78.9 Å². The first-order chi connectivity index (χ1) is 27.7. The summed E-state index contributed by atoms with van der Waals surface area (Å²) in [6.07, 6.45) is 0. The fourth-order valence-electron chi connectivity index (χ4n) is 9.99. The summed E-state index contributed by atoms with van der Waals surface area (Å²) in [6.45, 7) is 0. The van der Waals surface area contributed by atoms with Gasteiger partial charge in [0.2, 0.25) is 0 Å². The quantitative estimate of drug-likeness (QED) is 0.132. The second kappa shape index (κ2) is 9.85. The summed E-state index contributed by atoms with van der Waals surface area (Å²) in [7, 11) is 0. The van der Waals surface area contributed by atoms with Crippen molar-refractivity contribution in [3.63, 3.8) is 0 Å². The van der Waals surface area contributed by atoms with Crippen LogP contribution in [0.4, 0.5) is 0 Å². The summed E-state index contributed by atoms with van der Waals surface area (Å²) in [6, 6.07) is 54.4. The van der Waals surface area contributed by atoms with Gasteiger partial charge in [0.25, 0.3) is 5.56 Å². The van der Waals surface area contributed by atoms with Crippen molar-refractivity contribution in [2.45, 2.75) is 0 Å². The van der Waals surface area contributed by atoms with Gasteiger partial charge in [-0.15, -0.1) is 0 Å². The molecule has 0 bridgehead atoms. The third kappa shape index (κ3) is 3.26. The highest BCUT2D eigenvalue weighted by molar-refractivity contribution is 6.21. The van der Waals surface area contributed by atoms with E-state index in [1.807, 2.05) is 59.0 Å². The van der Waals surface area contributed by atoms with Crippen LogP contribution in [0, 0.1) is 0 Å². The summed E-state index contributed by atoms with van der Waals surface area (Å²) in [5.74, 6) is 0. The maximum Gasteiger partial charge on any atom is 0.263 e. The van der Waals surface area contributed by atoms with Gasteiger partial charge >= 0.3 is 0 Å². The molecule has 2 aliphatic rings. The van der Waals surface area contributed by atoms with E-state index < -0.39 is 0 Å². The SMILES string of the molecule is O=c1c2ccccc2c2ccc3c4c2n1c1cccc2c1-n4c1c(cccc1n3-c1cccc3oc4ccccc4c13)n2-c1cccc2oc3ccccc3c12. The van der Waals surface area contributed by atoms with Crippen molar-refractivity contribution in [1.29, 1.82) is 0 Å². The van der Waals surface area contributed by atoms with Crippen LogP contribution < -0.4 is 5.56 Å². The largest absolute Gasteiger partial charge is 0.456 e. The number of furan rings is 2. The first kappa shape index (κ1) is 28.7. The molecule has 0 saturated heterocycles. The van der Waals surface area contributed by atoms with Gasteiger partial charge in [0.15, 0.2) is 0 Å². The number of benzene rings is 8. The van der Waals surface area contributed by atoms with Gasteiger partial charge in [0.05, 0.1) is 72.0 Å². The maximum atomic E-state index is 15.0. The van der Waals surface area contributed by atoms with Crippen molar-refractivity contribution in [1.82, 2.24) is 18.1 Å². The van der Waals surface area contributed by atoms with Crippen molar-refractivity contribution in [2.24, 2.45) is 0 Å². The number of hydrogen-bond donors (Lipinski definition) is 0. The number of pyridine rings is 1. The van der Waals surface area contributed by atoms with Gasteiger partial charge in [-0.25, -0.2) is 0 Å². The van der Waals surface area contributed by atoms with Crippen LogP contribution in [0.15, 0.2) is 171 Å². The van der Waals surface area contributed by atoms with Crippen LogP contribution >= 0.6 is 0 Å². The smallest absolute Gasteiger partial charge is 0.263 e. The minimum Gasteiger partial charge on any atom is -0.456 e. The zero-order chi connectivity index (χ0) is 36.4. The Kier molecular flexibility index (Phi) is 5.05. The molecule has 0 radical (unpaired) electrons. The van der Waals surface area contributed by atoms with Crippen LogP contribution in [0.2, 0.25) is 0 Å². The molecule has 4 aromatic heterocycles. The molecule has 7 nitrogen and oxygen atoms in total. The fourth-order valence-corrected chi connectivity index (χ4v) is 9.99. The van der Waals surface area contributed by atoms with Crippen LogP contribution in [0.1, 0.15) is 0 Å². The normalized spacial score (nSPS) is 12.7. The summed E-state index contributed by atoms with van der Waals surface area (Å²) < 4.78 is 22.1. The average molecular weight is 719 g/mol. The lowest BCUT2D eigenvalue weighted by molar-refractivity contribution is 0.668. The third-order valence-corrected chi connectivity index (χ3v) is 12.1. The van der Waals surface area contributed by atoms with Gasteiger partial charge in [-0.3, -0.25) is 13.8 Å². The third-order valence-electron chi connectivity index (χ3n) is 12.1. The molecule has 12 aromatic rings. The van der Waals surface area contributed by atoms with Crippen LogP contribution in [0.3, 0.4) is 0 Å². The lowest BCUT2D eigenvalue weighted by Gasteiger charge is -2.31. The van der Waals surface area contributed by atoms with Crippen molar-refractivity contribution in [2.75, 3.05) is 0 Å². The molecule has 0 atom stereocenters. The standard InChI is InChI=1S/C49H26N4O3/c54-49-29-12-2-1-11-27(29)28-25-26-38-48-45(28)52(49)37-20-8-19-36-47(37)53(48)46-34(50(36)32-15-9-23-41-43(32)30-13-3-5-21-39(30)55-41)17-7-18-35(46)51(38)33-16-10-24-42-44(33)31-14-4-6-22-40(31)56-42/h1-26H. The van der Waals surface area contributed by atoms with Gasteiger partial charge < -0.3 is 18.0 Å². The number of rotatable bonds is 2. The molecule has 260 valence electrons. The molecule has 0 spiro atoms. The maximum absolute atomic E-state index is 15.0. The van der Waals surface area contributed by atoms with E-state index in [0.717, 1.165) is 116 Å². The highest BCUT2D eigenvalue weighted by atomic mass is 16.3. The topological polar surface area (TPSA) is 62.6 Å². The minimum absolute atomic E-state index is 0.0387. The van der Waals surface area contributed by atoms with E-state index in [1.54, 1.807) is 0 Å². The Bertz CT molecular complexity index is 4030. The Labute approximate surface area is 315 Å². The molecule has 7 heteroatoms. The molecule has 0 saturated carbocycles. The highest BCUT2D eigenvalue weighted by Gasteiger charge is 2.30. The van der Waals surface area contributed by atoms with Crippen LogP contribution in [0.25, 0.3) is 121 Å². The van der Waals surface area contributed by atoms with Gasteiger partial charge in [0.1, 0.15) is 22.3 Å². The van der Waals surface area contributed by atoms with E-state index in [2.05, 4.69) is 117 Å². The molecule has 56 heavy (non-hydrogen) atoms. The van der Waals surface area contributed by atoms with Crippen molar-refractivity contribution >= 4 is 104 Å². The summed E-state index contributed by atoms with van der Waals surface area (Å²) in [4.78, 5) is 15.0. The van der Waals surface area contributed by atoms with Crippen molar-refractivity contribution in [3.8, 4) is 17.1 Å². The molecule has 8 aromatic carbocycles. The number of fused-ring (bicyclic) bond motifs is 9. The number of hydrogen-bond acceptors (Lipinski definition) is 3. The van der Waals surface area contributed by atoms with Crippen molar-refractivity contribution in [3.05, 3.63) is 168 Å². The number of para-hydroxylation sites is 4. The Balaban J connectivity index is 1.31. The summed E-state index contributed by atoms with van der Waals surface area (Å²) >= 11 is 0. The fraction of sp³-hybridized carbons (Fsp3) is 0. The predicted octanol–water partition coefficient (Wildman–Crippen LogP) is 12.1. The lowest BCUT2D eigenvalue weighted by Crippen LogP contribution is -2.23. The van der Waals surface area contributed by atoms with Crippen LogP contribution in [0.5, 0.6) is 0 Å². The zero-order valence-electron chi connectivity index (χ0n) is 29.5. The monoisotopic (exact) mass is 718 g/mol. The average Bonchev–Trinajstić information content (AvgIpc) is 3.83. The number of aromatic nitrogens is 4. The zero-order valence-corrected chi connectivity index (χ0v) is 29.5. The molecule has 0 aliphatic carbocycles. The molecule has 14 rings (SSSR count). The Morgan fingerprint density at radius 3 is 1.50 bits per heavy atom. The first-order valence-corrected chi connectivity index (χ1v) is 18.8. The van der Waals surface area contributed by atoms with Gasteiger partial charge in [-0.2, -0.15) is 0 Å². The first-order valence-electron chi connectivity index (χ1n) is 18.8. The highest BCUT2D eigenvalue weighted by Crippen LogP contribution is 2.46. The Morgan fingerprint density at radius 2 is 0.839 bits per heavy atom. The van der Waals surface area contributed by atoms with Crippen LogP contribution in [-0.4, -0.2) is 18.1 Å². The molecule has 0 fully saturated rings. The van der Waals surface area contributed by atoms with E-state index in [9.17, 15) is 4.79 Å². The summed E-state index contributed by atoms with van der Waals surface area (Å²) in [5, 5.41) is 6.84. The second-order valence-corrected chi connectivity index (χ2v) is 14.8. The van der Waals surface area contributed by atoms with Crippen LogP contribution in [-0.2, 0) is 0 Å². The molecular weight excluding hydrogens is 693 g/mol. The molecule has 0 N–H and O–H groups in total. The molecule has 0 unspecified atom stereocenters. The Hall–Kier alpha value is -7.77. The minimum atomic E-state index is -0.0387. The predicted molar refractivity (Wildman–Crippen MR) is 226 cm³/mol. The van der Waals surface area contributed by atoms with Gasteiger partial charge in [-0.05, 0) is 84.2 Å². The van der Waals surface area contributed by atoms with E-state index in [4.69, 9.17) is 8.83 Å². The Morgan fingerprint density at radius 1 is 0.339 bits per heavy atom. The molecule has 0 amide bonds. The number of nitrogens with zero attached hydrogens (tertiary/aromatic N) is 4. The lowest BCUT2D eigenvalue weighted by atomic mass is 10.0. The van der Waals surface area contributed by atoms with E-state index in [-0.39, 0.29) is 5.56 Å². The van der Waals surface area contributed by atoms with E-state index in [1.165, 1.54) is 0 Å². The van der Waals surface area contributed by atoms with Crippen molar-refractivity contribution < 1.29 is 8.83 Å². The molecule has 2 aliphatic heterocycles. The summed E-state index contributed by atoms with van der Waals surface area (Å²) in [5.41, 5.74) is 14.0. The second-order valence-electron chi connectivity index (χ2n) is 14.8. The van der Waals surface area contributed by atoms with E-state index in [0.29, 0.717) is 5.39 Å².